The third kappa shape index (κ3) is 5.06. The van der Waals surface area contributed by atoms with Gasteiger partial charge < -0.3 is 11.1 Å². The second-order valence-electron chi connectivity index (χ2n) is 3.99. The maximum atomic E-state index is 12.4. The Labute approximate surface area is 148 Å². The summed E-state index contributed by atoms with van der Waals surface area (Å²) in [6.45, 7) is -0.146. The number of nitrogens with one attached hydrogen (secondary N) is 1. The van der Waals surface area contributed by atoms with Crippen molar-refractivity contribution in [2.45, 2.75) is 0 Å². The smallest absolute Gasteiger partial charge is 0.238 e. The fraction of sp³-hybridized carbons (Fsp3) is 0.0714. The number of carbonyl (C=O) groups excluding carboxylic acids is 2. The summed E-state index contributed by atoms with van der Waals surface area (Å²) in [6, 6.07) is 10.1. The molecular weight excluding hydrogens is 393 g/mol. The molecule has 118 valence electrons. The van der Waals surface area contributed by atoms with Crippen LogP contribution in [-0.4, -0.2) is 23.2 Å². The van der Waals surface area contributed by atoms with E-state index in [0.717, 1.165) is 4.47 Å². The average molecular weight is 407 g/mol. The second-order valence-corrected chi connectivity index (χ2v) is 4.90. The van der Waals surface area contributed by atoms with Gasteiger partial charge in [0.1, 0.15) is 5.69 Å². The van der Waals surface area contributed by atoms with Gasteiger partial charge in [0.2, 0.25) is 11.7 Å². The van der Waals surface area contributed by atoms with E-state index < -0.39 is 0 Å². The number of rotatable bonds is 4. The van der Waals surface area contributed by atoms with E-state index in [9.17, 15) is 9.59 Å². The van der Waals surface area contributed by atoms with E-state index in [1.807, 2.05) is 0 Å². The number of hydrogen-bond donors (Lipinski definition) is 2. The lowest BCUT2D eigenvalue weighted by Gasteiger charge is -2.10. The van der Waals surface area contributed by atoms with Crippen LogP contribution in [0.3, 0.4) is 0 Å². The highest BCUT2D eigenvalue weighted by Gasteiger charge is 2.16. The van der Waals surface area contributed by atoms with Crippen LogP contribution in [-0.2, 0) is 4.79 Å². The Bertz CT molecular complexity index is 654. The molecule has 0 saturated carbocycles. The molecule has 0 aliphatic carbocycles. The molecule has 0 bridgehead atoms. The number of benzene rings is 1. The van der Waals surface area contributed by atoms with Crippen molar-refractivity contribution in [2.24, 2.45) is 5.73 Å². The van der Waals surface area contributed by atoms with Crippen LogP contribution in [0.5, 0.6) is 0 Å². The van der Waals surface area contributed by atoms with Gasteiger partial charge in [-0.2, -0.15) is 0 Å². The molecule has 3 N–H and O–H groups in total. The fourth-order valence-corrected chi connectivity index (χ4v) is 2.01. The third-order valence-electron chi connectivity index (χ3n) is 2.58. The highest BCUT2D eigenvalue weighted by atomic mass is 79.9. The summed E-state index contributed by atoms with van der Waals surface area (Å²) in [5.41, 5.74) is 6.36. The molecule has 2 aromatic rings. The summed E-state index contributed by atoms with van der Waals surface area (Å²) in [5.74, 6) is -0.624. The monoisotopic (exact) mass is 405 g/mol. The molecule has 0 unspecified atom stereocenters. The number of halogens is 3. The Morgan fingerprint density at radius 3 is 2.50 bits per heavy atom. The third-order valence-corrected chi connectivity index (χ3v) is 3.08. The van der Waals surface area contributed by atoms with Crippen LogP contribution < -0.4 is 11.1 Å². The predicted molar refractivity (Wildman–Crippen MR) is 94.0 cm³/mol. The van der Waals surface area contributed by atoms with Crippen molar-refractivity contribution in [3.8, 4) is 0 Å². The van der Waals surface area contributed by atoms with Crippen LogP contribution in [0.4, 0.5) is 5.69 Å². The van der Waals surface area contributed by atoms with Crippen molar-refractivity contribution < 1.29 is 9.59 Å². The van der Waals surface area contributed by atoms with E-state index in [1.165, 1.54) is 0 Å². The maximum Gasteiger partial charge on any atom is 0.238 e. The Kier molecular flexibility index (Phi) is 8.89. The van der Waals surface area contributed by atoms with Crippen molar-refractivity contribution in [1.82, 2.24) is 4.98 Å². The van der Waals surface area contributed by atoms with Gasteiger partial charge in [0, 0.05) is 16.2 Å². The first-order chi connectivity index (χ1) is 9.61. The minimum absolute atomic E-state index is 0. The molecule has 0 aliphatic heterocycles. The topological polar surface area (TPSA) is 85.1 Å². The van der Waals surface area contributed by atoms with Crippen molar-refractivity contribution >= 4 is 58.1 Å². The quantitative estimate of drug-likeness (QED) is 0.764. The molecule has 0 fully saturated rings. The number of nitrogens with zero attached hydrogens (tertiary/aromatic N) is 1. The van der Waals surface area contributed by atoms with Crippen molar-refractivity contribution in [1.29, 1.82) is 0 Å². The van der Waals surface area contributed by atoms with Gasteiger partial charge in [-0.1, -0.05) is 22.0 Å². The lowest BCUT2D eigenvalue weighted by molar-refractivity contribution is -0.114. The van der Waals surface area contributed by atoms with Crippen molar-refractivity contribution in [3.63, 3.8) is 0 Å². The number of ketones is 1. The van der Waals surface area contributed by atoms with Crippen molar-refractivity contribution in [2.75, 3.05) is 11.9 Å². The zero-order valence-corrected chi connectivity index (χ0v) is 14.5. The van der Waals surface area contributed by atoms with Gasteiger partial charge in [-0.3, -0.25) is 14.6 Å². The molecule has 0 spiro atoms. The SMILES string of the molecule is Cl.Cl.NCC(=O)Nc1ccc(Br)cc1C(=O)c1ccccn1. The van der Waals surface area contributed by atoms with E-state index in [2.05, 4.69) is 26.2 Å². The normalized spacial score (nSPS) is 9.18. The molecule has 0 saturated heterocycles. The Morgan fingerprint density at radius 2 is 1.91 bits per heavy atom. The highest BCUT2D eigenvalue weighted by Crippen LogP contribution is 2.23. The van der Waals surface area contributed by atoms with Gasteiger partial charge in [0.25, 0.3) is 0 Å². The predicted octanol–water partition coefficient (Wildman–Crippen LogP) is 2.82. The summed E-state index contributed by atoms with van der Waals surface area (Å²) >= 11 is 3.31. The molecule has 0 radical (unpaired) electrons. The minimum Gasteiger partial charge on any atom is -0.324 e. The molecule has 2 rings (SSSR count). The number of aromatic nitrogens is 1. The van der Waals surface area contributed by atoms with E-state index in [-0.39, 0.29) is 43.0 Å². The first-order valence-corrected chi connectivity index (χ1v) is 6.66. The Balaban J connectivity index is 0.00000220. The van der Waals surface area contributed by atoms with Crippen LogP contribution in [0.1, 0.15) is 16.1 Å². The van der Waals surface area contributed by atoms with Gasteiger partial charge in [0.05, 0.1) is 12.2 Å². The maximum absolute atomic E-state index is 12.4. The number of carbonyl (C=O) groups is 2. The molecule has 0 aliphatic rings. The number of hydrogen-bond acceptors (Lipinski definition) is 4. The number of anilines is 1. The van der Waals surface area contributed by atoms with Crippen LogP contribution in [0.25, 0.3) is 0 Å². The summed E-state index contributed by atoms with van der Waals surface area (Å²) in [5, 5.41) is 2.60. The zero-order chi connectivity index (χ0) is 14.5. The second kappa shape index (κ2) is 9.53. The Morgan fingerprint density at radius 1 is 1.18 bits per heavy atom. The molecule has 22 heavy (non-hydrogen) atoms. The summed E-state index contributed by atoms with van der Waals surface area (Å²) in [4.78, 5) is 27.8. The molecule has 1 aromatic heterocycles. The van der Waals surface area contributed by atoms with Gasteiger partial charge in [-0.05, 0) is 30.3 Å². The van der Waals surface area contributed by atoms with Crippen LogP contribution in [0.2, 0.25) is 0 Å². The van der Waals surface area contributed by atoms with Crippen LogP contribution in [0.15, 0.2) is 47.1 Å². The molecule has 1 aromatic carbocycles. The standard InChI is InChI=1S/C14H12BrN3O2.2ClH/c15-9-4-5-11(18-13(19)8-16)10(7-9)14(20)12-3-1-2-6-17-12;;/h1-7H,8,16H2,(H,18,19);2*1H. The average Bonchev–Trinajstić information content (AvgIpc) is 2.49. The van der Waals surface area contributed by atoms with E-state index >= 15 is 0 Å². The van der Waals surface area contributed by atoms with Gasteiger partial charge in [0.15, 0.2) is 0 Å². The van der Waals surface area contributed by atoms with Gasteiger partial charge in [-0.25, -0.2) is 0 Å². The summed E-state index contributed by atoms with van der Waals surface area (Å²) in [7, 11) is 0. The summed E-state index contributed by atoms with van der Waals surface area (Å²) in [6.07, 6.45) is 1.54. The van der Waals surface area contributed by atoms with E-state index in [0.29, 0.717) is 16.9 Å². The van der Waals surface area contributed by atoms with Crippen LogP contribution >= 0.6 is 40.7 Å². The molecule has 1 amide bonds. The van der Waals surface area contributed by atoms with Gasteiger partial charge in [-0.15, -0.1) is 24.8 Å². The summed E-state index contributed by atoms with van der Waals surface area (Å²) < 4.78 is 0.738. The molecule has 5 nitrogen and oxygen atoms in total. The van der Waals surface area contributed by atoms with E-state index in [1.54, 1.807) is 42.6 Å². The van der Waals surface area contributed by atoms with Crippen LogP contribution in [0, 0.1) is 0 Å². The van der Waals surface area contributed by atoms with Crippen molar-refractivity contribution in [3.05, 3.63) is 58.3 Å². The minimum atomic E-state index is -0.359. The lowest BCUT2D eigenvalue weighted by atomic mass is 10.1. The first kappa shape index (κ1) is 20.5. The first-order valence-electron chi connectivity index (χ1n) is 5.87. The zero-order valence-electron chi connectivity index (χ0n) is 11.3. The molecule has 1 heterocycles. The largest absolute Gasteiger partial charge is 0.324 e. The molecular formula is C14H14BrCl2N3O2. The number of nitrogens with two attached hydrogens (primary N) is 1. The lowest BCUT2D eigenvalue weighted by Crippen LogP contribution is -2.23. The number of amides is 1. The number of pyridine rings is 1. The highest BCUT2D eigenvalue weighted by molar-refractivity contribution is 9.10. The Hall–Kier alpha value is -1.47. The molecule has 8 heteroatoms. The fourth-order valence-electron chi connectivity index (χ4n) is 1.65. The van der Waals surface area contributed by atoms with Gasteiger partial charge >= 0.3 is 0 Å². The molecule has 0 atom stereocenters. The van der Waals surface area contributed by atoms with E-state index in [4.69, 9.17) is 5.73 Å².